The van der Waals surface area contributed by atoms with Crippen molar-refractivity contribution in [3.63, 3.8) is 0 Å². The zero-order valence-electron chi connectivity index (χ0n) is 10.4. The van der Waals surface area contributed by atoms with E-state index in [1.807, 2.05) is 14.0 Å². The number of aryl methyl sites for hydroxylation is 1. The molecule has 18 heavy (non-hydrogen) atoms. The molecular formula is C12H14FN3OS. The van der Waals surface area contributed by atoms with Gasteiger partial charge in [0.15, 0.2) is 5.16 Å². The number of benzene rings is 1. The quantitative estimate of drug-likeness (QED) is 0.928. The third-order valence-electron chi connectivity index (χ3n) is 2.69. The first-order valence-corrected chi connectivity index (χ1v) is 6.32. The van der Waals surface area contributed by atoms with Gasteiger partial charge in [-0.3, -0.25) is 0 Å². The molecule has 96 valence electrons. The van der Waals surface area contributed by atoms with Crippen molar-refractivity contribution in [1.29, 1.82) is 0 Å². The molecule has 0 radical (unpaired) electrons. The minimum atomic E-state index is -0.671. The van der Waals surface area contributed by atoms with Gasteiger partial charge < -0.3 is 9.67 Å². The molecule has 0 aliphatic carbocycles. The van der Waals surface area contributed by atoms with Crippen LogP contribution in [0.15, 0.2) is 28.3 Å². The summed E-state index contributed by atoms with van der Waals surface area (Å²) in [6.07, 6.45) is -0.671. The first kappa shape index (κ1) is 13.0. The van der Waals surface area contributed by atoms with Gasteiger partial charge in [-0.1, -0.05) is 6.07 Å². The van der Waals surface area contributed by atoms with E-state index in [1.54, 1.807) is 23.6 Å². The van der Waals surface area contributed by atoms with E-state index in [0.717, 1.165) is 5.82 Å². The van der Waals surface area contributed by atoms with Crippen LogP contribution < -0.4 is 0 Å². The fourth-order valence-electron chi connectivity index (χ4n) is 1.43. The number of aliphatic hydroxyl groups excluding tert-OH is 1. The summed E-state index contributed by atoms with van der Waals surface area (Å²) in [6, 6.07) is 4.70. The number of aromatic nitrogens is 3. The van der Waals surface area contributed by atoms with Crippen molar-refractivity contribution in [3.05, 3.63) is 35.4 Å². The number of nitrogens with zero attached hydrogens (tertiary/aromatic N) is 3. The molecule has 4 nitrogen and oxygen atoms in total. The fraction of sp³-hybridized carbons (Fsp3) is 0.333. The molecule has 0 fully saturated rings. The summed E-state index contributed by atoms with van der Waals surface area (Å²) in [5, 5.41) is 17.9. The van der Waals surface area contributed by atoms with Gasteiger partial charge in [0.25, 0.3) is 0 Å². The number of hydrogen-bond acceptors (Lipinski definition) is 4. The average Bonchev–Trinajstić information content (AvgIpc) is 2.63. The van der Waals surface area contributed by atoms with Gasteiger partial charge in [0.05, 0.1) is 11.0 Å². The molecule has 1 aromatic carbocycles. The van der Waals surface area contributed by atoms with Crippen LogP contribution in [0.5, 0.6) is 0 Å². The monoisotopic (exact) mass is 267 g/mol. The number of rotatable bonds is 3. The summed E-state index contributed by atoms with van der Waals surface area (Å²) in [4.78, 5) is 0.468. The van der Waals surface area contributed by atoms with Gasteiger partial charge in [-0.15, -0.1) is 10.2 Å². The average molecular weight is 267 g/mol. The van der Waals surface area contributed by atoms with E-state index in [9.17, 15) is 9.50 Å². The molecule has 0 saturated heterocycles. The topological polar surface area (TPSA) is 50.9 Å². The highest BCUT2D eigenvalue weighted by molar-refractivity contribution is 7.99. The second-order valence-corrected chi connectivity index (χ2v) is 5.07. The predicted octanol–water partition coefficient (Wildman–Crippen LogP) is 2.47. The predicted molar refractivity (Wildman–Crippen MR) is 66.9 cm³/mol. The summed E-state index contributed by atoms with van der Waals surface area (Å²) in [6.45, 7) is 3.44. The van der Waals surface area contributed by atoms with E-state index in [1.165, 1.54) is 17.8 Å². The normalized spacial score (nSPS) is 12.7. The van der Waals surface area contributed by atoms with Crippen molar-refractivity contribution in [2.75, 3.05) is 0 Å². The van der Waals surface area contributed by atoms with Gasteiger partial charge in [-0.2, -0.15) is 0 Å². The van der Waals surface area contributed by atoms with Crippen molar-refractivity contribution in [3.8, 4) is 0 Å². The van der Waals surface area contributed by atoms with E-state index in [-0.39, 0.29) is 5.82 Å². The lowest BCUT2D eigenvalue weighted by Gasteiger charge is -2.07. The highest BCUT2D eigenvalue weighted by Crippen LogP contribution is 2.29. The summed E-state index contributed by atoms with van der Waals surface area (Å²) < 4.78 is 15.6. The fourth-order valence-corrected chi connectivity index (χ4v) is 2.27. The van der Waals surface area contributed by atoms with Gasteiger partial charge in [0.1, 0.15) is 11.6 Å². The molecule has 0 aliphatic heterocycles. The van der Waals surface area contributed by atoms with Gasteiger partial charge in [-0.05, 0) is 43.3 Å². The van der Waals surface area contributed by atoms with E-state index >= 15 is 0 Å². The van der Waals surface area contributed by atoms with Gasteiger partial charge >= 0.3 is 0 Å². The molecule has 0 saturated carbocycles. The van der Waals surface area contributed by atoms with Crippen LogP contribution in [0.2, 0.25) is 0 Å². The maximum absolute atomic E-state index is 13.8. The maximum atomic E-state index is 13.8. The third kappa shape index (κ3) is 2.54. The Balaban J connectivity index is 2.27. The first-order chi connectivity index (χ1) is 8.49. The Kier molecular flexibility index (Phi) is 3.68. The molecule has 2 rings (SSSR count). The van der Waals surface area contributed by atoms with Crippen LogP contribution in [-0.4, -0.2) is 19.9 Å². The van der Waals surface area contributed by atoms with Crippen LogP contribution in [0.3, 0.4) is 0 Å². The van der Waals surface area contributed by atoms with Crippen LogP contribution in [-0.2, 0) is 7.05 Å². The molecule has 0 aliphatic rings. The van der Waals surface area contributed by atoms with Gasteiger partial charge in [0.2, 0.25) is 0 Å². The molecule has 0 bridgehead atoms. The zero-order chi connectivity index (χ0) is 13.3. The Labute approximate surface area is 109 Å². The molecule has 1 unspecified atom stereocenters. The van der Waals surface area contributed by atoms with Gasteiger partial charge in [-0.25, -0.2) is 4.39 Å². The third-order valence-corrected chi connectivity index (χ3v) is 3.78. The van der Waals surface area contributed by atoms with Crippen LogP contribution in [0.25, 0.3) is 0 Å². The lowest BCUT2D eigenvalue weighted by molar-refractivity contribution is 0.198. The molecule has 1 N–H and O–H groups in total. The molecular weight excluding hydrogens is 253 g/mol. The summed E-state index contributed by atoms with van der Waals surface area (Å²) in [7, 11) is 1.83. The number of aliphatic hydroxyl groups is 1. The number of halogens is 1. The summed E-state index contributed by atoms with van der Waals surface area (Å²) in [5.74, 6) is 0.414. The van der Waals surface area contributed by atoms with E-state index in [4.69, 9.17) is 0 Å². The first-order valence-electron chi connectivity index (χ1n) is 5.50. The van der Waals surface area contributed by atoms with Crippen molar-refractivity contribution in [2.45, 2.75) is 30.0 Å². The van der Waals surface area contributed by atoms with E-state index in [2.05, 4.69) is 10.2 Å². The minimum absolute atomic E-state index is 0.362. The molecule has 1 heterocycles. The second-order valence-electron chi connectivity index (χ2n) is 4.06. The minimum Gasteiger partial charge on any atom is -0.389 e. The standard InChI is InChI=1S/C12H14FN3OS/c1-7(17)9-4-5-11(10(13)6-9)18-12-15-14-8(2)16(12)3/h4-7,17H,1-3H3. The molecule has 2 aromatic rings. The van der Waals surface area contributed by atoms with Crippen molar-refractivity contribution >= 4 is 11.8 Å². The molecule has 1 aromatic heterocycles. The Morgan fingerprint density at radius 2 is 2.11 bits per heavy atom. The largest absolute Gasteiger partial charge is 0.389 e. The van der Waals surface area contributed by atoms with Crippen molar-refractivity contribution < 1.29 is 9.50 Å². The summed E-state index contributed by atoms with van der Waals surface area (Å²) >= 11 is 1.21. The van der Waals surface area contributed by atoms with Crippen LogP contribution in [0.4, 0.5) is 4.39 Å². The van der Waals surface area contributed by atoms with Crippen LogP contribution >= 0.6 is 11.8 Å². The Hall–Kier alpha value is -1.40. The lowest BCUT2D eigenvalue weighted by Crippen LogP contribution is -1.95. The Morgan fingerprint density at radius 1 is 1.39 bits per heavy atom. The zero-order valence-corrected chi connectivity index (χ0v) is 11.2. The van der Waals surface area contributed by atoms with Crippen molar-refractivity contribution in [1.82, 2.24) is 14.8 Å². The molecule has 6 heteroatoms. The number of hydrogen-bond donors (Lipinski definition) is 1. The van der Waals surface area contributed by atoms with Crippen LogP contribution in [0, 0.1) is 12.7 Å². The Morgan fingerprint density at radius 3 is 2.61 bits per heavy atom. The molecule has 0 amide bonds. The highest BCUT2D eigenvalue weighted by atomic mass is 32.2. The molecule has 0 spiro atoms. The van der Waals surface area contributed by atoms with E-state index < -0.39 is 6.10 Å². The Bertz CT molecular complexity index is 568. The van der Waals surface area contributed by atoms with Crippen molar-refractivity contribution in [2.24, 2.45) is 7.05 Å². The highest BCUT2D eigenvalue weighted by Gasteiger charge is 2.12. The lowest BCUT2D eigenvalue weighted by atomic mass is 10.1. The van der Waals surface area contributed by atoms with E-state index in [0.29, 0.717) is 15.6 Å². The maximum Gasteiger partial charge on any atom is 0.195 e. The SMILES string of the molecule is Cc1nnc(Sc2ccc(C(C)O)cc2F)n1C. The smallest absolute Gasteiger partial charge is 0.195 e. The second kappa shape index (κ2) is 5.07. The summed E-state index contributed by atoms with van der Waals surface area (Å²) in [5.41, 5.74) is 0.561. The van der Waals surface area contributed by atoms with Gasteiger partial charge in [0, 0.05) is 7.05 Å². The molecule has 1 atom stereocenters. The van der Waals surface area contributed by atoms with Crippen LogP contribution in [0.1, 0.15) is 24.4 Å².